The number of fused-ring (bicyclic) bond motifs is 1. The monoisotopic (exact) mass is 342 g/mol. The Morgan fingerprint density at radius 2 is 2.20 bits per heavy atom. The van der Waals surface area contributed by atoms with Crippen LogP contribution in [0.2, 0.25) is 0 Å². The van der Waals surface area contributed by atoms with E-state index in [1.54, 1.807) is 0 Å². The molecular weight excluding hydrogens is 316 g/mol. The molecule has 1 saturated carbocycles. The number of amides is 1. The average molecular weight is 342 g/mol. The Kier molecular flexibility index (Phi) is 4.33. The number of hydrogen-bond donors (Lipinski definition) is 2. The van der Waals surface area contributed by atoms with E-state index in [0.717, 1.165) is 56.1 Å². The van der Waals surface area contributed by atoms with Crippen LogP contribution in [-0.4, -0.2) is 37.3 Å². The summed E-state index contributed by atoms with van der Waals surface area (Å²) in [5.41, 5.74) is 5.70. The third kappa shape index (κ3) is 3.33. The number of H-pyrrole nitrogens is 1. The van der Waals surface area contributed by atoms with Crippen molar-refractivity contribution in [1.82, 2.24) is 30.2 Å². The van der Waals surface area contributed by atoms with Crippen molar-refractivity contribution in [3.05, 3.63) is 34.4 Å². The summed E-state index contributed by atoms with van der Waals surface area (Å²) in [6.45, 7) is 8.33. The van der Waals surface area contributed by atoms with Crippen LogP contribution in [0.4, 0.5) is 0 Å². The SMILES string of the molecule is Cc1n[nH]c(C)c1CN1CCn2nc(CNC(=O)C3CCC3)cc2C1. The summed E-state index contributed by atoms with van der Waals surface area (Å²) in [4.78, 5) is 14.4. The molecule has 7 heteroatoms. The molecule has 0 unspecified atom stereocenters. The number of aryl methyl sites for hydroxylation is 2. The molecule has 0 aromatic carbocycles. The van der Waals surface area contributed by atoms with Crippen molar-refractivity contribution in [3.8, 4) is 0 Å². The van der Waals surface area contributed by atoms with Crippen molar-refractivity contribution in [1.29, 1.82) is 0 Å². The van der Waals surface area contributed by atoms with Crippen LogP contribution in [0.5, 0.6) is 0 Å². The highest BCUT2D eigenvalue weighted by Gasteiger charge is 2.25. The molecule has 2 N–H and O–H groups in total. The molecule has 25 heavy (non-hydrogen) atoms. The number of aromatic nitrogens is 4. The first kappa shape index (κ1) is 16.3. The fraction of sp³-hybridized carbons (Fsp3) is 0.611. The number of carbonyl (C=O) groups is 1. The van der Waals surface area contributed by atoms with Crippen molar-refractivity contribution in [3.63, 3.8) is 0 Å². The van der Waals surface area contributed by atoms with E-state index in [1.165, 1.54) is 17.7 Å². The van der Waals surface area contributed by atoms with Crippen LogP contribution in [0.25, 0.3) is 0 Å². The highest BCUT2D eigenvalue weighted by molar-refractivity contribution is 5.79. The van der Waals surface area contributed by atoms with Crippen molar-refractivity contribution in [2.45, 2.75) is 59.3 Å². The summed E-state index contributed by atoms with van der Waals surface area (Å²) in [5, 5.41) is 15.0. The van der Waals surface area contributed by atoms with Gasteiger partial charge in [-0.1, -0.05) is 6.42 Å². The topological polar surface area (TPSA) is 78.8 Å². The number of rotatable bonds is 5. The normalized spacial score (nSPS) is 18.0. The molecule has 2 aromatic rings. The van der Waals surface area contributed by atoms with Crippen LogP contribution < -0.4 is 5.32 Å². The number of nitrogens with zero attached hydrogens (tertiary/aromatic N) is 4. The van der Waals surface area contributed by atoms with Gasteiger partial charge in [-0.3, -0.25) is 19.5 Å². The fourth-order valence-corrected chi connectivity index (χ4v) is 3.62. The molecule has 0 bridgehead atoms. The summed E-state index contributed by atoms with van der Waals surface area (Å²) < 4.78 is 2.08. The van der Waals surface area contributed by atoms with E-state index in [9.17, 15) is 4.79 Å². The highest BCUT2D eigenvalue weighted by atomic mass is 16.1. The summed E-state index contributed by atoms with van der Waals surface area (Å²) >= 11 is 0. The van der Waals surface area contributed by atoms with Gasteiger partial charge in [0.15, 0.2) is 0 Å². The lowest BCUT2D eigenvalue weighted by atomic mass is 9.85. The molecule has 0 saturated heterocycles. The van der Waals surface area contributed by atoms with Crippen LogP contribution in [0, 0.1) is 19.8 Å². The predicted octanol–water partition coefficient (Wildman–Crippen LogP) is 1.66. The molecule has 134 valence electrons. The number of carbonyl (C=O) groups excluding carboxylic acids is 1. The van der Waals surface area contributed by atoms with Crippen molar-refractivity contribution in [2.75, 3.05) is 6.54 Å². The highest BCUT2D eigenvalue weighted by Crippen LogP contribution is 2.26. The Balaban J connectivity index is 1.36. The second-order valence-electron chi connectivity index (χ2n) is 7.32. The Hall–Kier alpha value is -2.15. The standard InChI is InChI=1S/C18H26N6O/c1-12-17(13(2)21-20-12)11-23-6-7-24-16(10-23)8-15(22-24)9-19-18(25)14-4-3-5-14/h8,14H,3-7,9-11H2,1-2H3,(H,19,25)(H,20,21). The van der Waals surface area contributed by atoms with E-state index in [4.69, 9.17) is 0 Å². The van der Waals surface area contributed by atoms with Gasteiger partial charge in [-0.05, 0) is 32.8 Å². The first-order chi connectivity index (χ1) is 12.1. The van der Waals surface area contributed by atoms with E-state index in [-0.39, 0.29) is 11.8 Å². The molecular formula is C18H26N6O. The summed E-state index contributed by atoms with van der Waals surface area (Å²) in [7, 11) is 0. The maximum Gasteiger partial charge on any atom is 0.223 e. The average Bonchev–Trinajstić information content (AvgIpc) is 3.08. The Bertz CT molecular complexity index is 753. The molecule has 1 fully saturated rings. The third-order valence-electron chi connectivity index (χ3n) is 5.51. The Labute approximate surface area is 147 Å². The van der Waals surface area contributed by atoms with Crippen LogP contribution in [0.3, 0.4) is 0 Å². The lowest BCUT2D eigenvalue weighted by Crippen LogP contribution is -2.34. The lowest BCUT2D eigenvalue weighted by molar-refractivity contribution is -0.127. The minimum Gasteiger partial charge on any atom is -0.350 e. The summed E-state index contributed by atoms with van der Waals surface area (Å²) in [6.07, 6.45) is 3.25. The molecule has 7 nitrogen and oxygen atoms in total. The smallest absolute Gasteiger partial charge is 0.223 e. The summed E-state index contributed by atoms with van der Waals surface area (Å²) in [5.74, 6) is 0.416. The quantitative estimate of drug-likeness (QED) is 0.866. The van der Waals surface area contributed by atoms with Crippen molar-refractivity contribution < 1.29 is 4.79 Å². The van der Waals surface area contributed by atoms with E-state index in [1.807, 2.05) is 0 Å². The predicted molar refractivity (Wildman–Crippen MR) is 93.6 cm³/mol. The maximum atomic E-state index is 12.0. The number of aromatic amines is 1. The van der Waals surface area contributed by atoms with E-state index >= 15 is 0 Å². The molecule has 0 radical (unpaired) electrons. The zero-order valence-corrected chi connectivity index (χ0v) is 15.0. The van der Waals surface area contributed by atoms with Crippen LogP contribution in [0.1, 0.15) is 47.6 Å². The molecule has 2 aliphatic rings. The van der Waals surface area contributed by atoms with Crippen LogP contribution >= 0.6 is 0 Å². The molecule has 0 atom stereocenters. The van der Waals surface area contributed by atoms with Gasteiger partial charge in [0, 0.05) is 36.8 Å². The van der Waals surface area contributed by atoms with Gasteiger partial charge < -0.3 is 5.32 Å². The lowest BCUT2D eigenvalue weighted by Gasteiger charge is -2.27. The van der Waals surface area contributed by atoms with E-state index in [0.29, 0.717) is 6.54 Å². The van der Waals surface area contributed by atoms with Gasteiger partial charge in [-0.2, -0.15) is 10.2 Å². The van der Waals surface area contributed by atoms with Gasteiger partial charge in [-0.25, -0.2) is 0 Å². The third-order valence-corrected chi connectivity index (χ3v) is 5.51. The molecule has 1 aliphatic heterocycles. The minimum atomic E-state index is 0.185. The summed E-state index contributed by atoms with van der Waals surface area (Å²) in [6, 6.07) is 2.13. The number of hydrogen-bond acceptors (Lipinski definition) is 4. The number of nitrogens with one attached hydrogen (secondary N) is 2. The first-order valence-corrected chi connectivity index (χ1v) is 9.16. The molecule has 1 amide bonds. The van der Waals surface area contributed by atoms with Gasteiger partial charge in [0.1, 0.15) is 0 Å². The molecule has 4 rings (SSSR count). The zero-order valence-electron chi connectivity index (χ0n) is 15.0. The Morgan fingerprint density at radius 3 is 2.88 bits per heavy atom. The van der Waals surface area contributed by atoms with Crippen LogP contribution in [-0.2, 0) is 31.0 Å². The molecule has 2 aromatic heterocycles. The fourth-order valence-electron chi connectivity index (χ4n) is 3.62. The molecule has 1 aliphatic carbocycles. The van der Waals surface area contributed by atoms with E-state index in [2.05, 4.69) is 50.1 Å². The second kappa shape index (κ2) is 6.63. The maximum absolute atomic E-state index is 12.0. The minimum absolute atomic E-state index is 0.185. The largest absolute Gasteiger partial charge is 0.350 e. The van der Waals surface area contributed by atoms with Crippen molar-refractivity contribution >= 4 is 5.91 Å². The van der Waals surface area contributed by atoms with Gasteiger partial charge in [0.2, 0.25) is 5.91 Å². The van der Waals surface area contributed by atoms with Gasteiger partial charge >= 0.3 is 0 Å². The molecule has 0 spiro atoms. The van der Waals surface area contributed by atoms with Crippen LogP contribution in [0.15, 0.2) is 6.07 Å². The van der Waals surface area contributed by atoms with E-state index < -0.39 is 0 Å². The second-order valence-corrected chi connectivity index (χ2v) is 7.32. The van der Waals surface area contributed by atoms with Gasteiger partial charge in [-0.15, -0.1) is 0 Å². The Morgan fingerprint density at radius 1 is 1.36 bits per heavy atom. The molecule has 3 heterocycles. The first-order valence-electron chi connectivity index (χ1n) is 9.16. The van der Waals surface area contributed by atoms with Crippen molar-refractivity contribution in [2.24, 2.45) is 5.92 Å². The van der Waals surface area contributed by atoms with Gasteiger partial charge in [0.25, 0.3) is 0 Å². The van der Waals surface area contributed by atoms with Gasteiger partial charge in [0.05, 0.1) is 30.2 Å². The zero-order chi connectivity index (χ0) is 17.4.